The molecule has 3 rings (SSSR count). The quantitative estimate of drug-likeness (QED) is 0.831. The maximum Gasteiger partial charge on any atom is 0.262 e. The molecule has 136 valence electrons. The lowest BCUT2D eigenvalue weighted by atomic mass is 10.1. The third-order valence-electron chi connectivity index (χ3n) is 3.98. The van der Waals surface area contributed by atoms with Gasteiger partial charge in [0.15, 0.2) is 18.1 Å². The predicted molar refractivity (Wildman–Crippen MR) is 97.1 cm³/mol. The van der Waals surface area contributed by atoms with Crippen molar-refractivity contribution in [3.63, 3.8) is 0 Å². The van der Waals surface area contributed by atoms with Gasteiger partial charge < -0.3 is 24.8 Å². The molecule has 0 saturated carbocycles. The van der Waals surface area contributed by atoms with E-state index in [-0.39, 0.29) is 18.4 Å². The summed E-state index contributed by atoms with van der Waals surface area (Å²) in [7, 11) is 3.10. The molecule has 2 amide bonds. The highest BCUT2D eigenvalue weighted by atomic mass is 16.5. The molecule has 2 N–H and O–H groups in total. The van der Waals surface area contributed by atoms with Crippen LogP contribution in [0.5, 0.6) is 17.2 Å². The Balaban J connectivity index is 1.59. The van der Waals surface area contributed by atoms with Gasteiger partial charge in [-0.1, -0.05) is 6.07 Å². The summed E-state index contributed by atoms with van der Waals surface area (Å²) in [6, 6.07) is 10.7. The first-order valence-electron chi connectivity index (χ1n) is 8.16. The number of ether oxygens (including phenoxy) is 3. The van der Waals surface area contributed by atoms with E-state index in [0.29, 0.717) is 41.5 Å². The number of hydrogen-bond acceptors (Lipinski definition) is 5. The van der Waals surface area contributed by atoms with Gasteiger partial charge in [0, 0.05) is 18.2 Å². The maximum absolute atomic E-state index is 12.2. The summed E-state index contributed by atoms with van der Waals surface area (Å²) < 4.78 is 15.7. The van der Waals surface area contributed by atoms with E-state index in [1.165, 1.54) is 0 Å². The molecule has 0 aliphatic carbocycles. The van der Waals surface area contributed by atoms with E-state index in [1.807, 2.05) is 12.1 Å². The smallest absolute Gasteiger partial charge is 0.262 e. The van der Waals surface area contributed by atoms with E-state index in [9.17, 15) is 9.59 Å². The average Bonchev–Trinajstić information content (AvgIpc) is 2.65. The number of carbonyl (C=O) groups excluding carboxylic acids is 2. The van der Waals surface area contributed by atoms with E-state index in [0.717, 1.165) is 5.56 Å². The number of anilines is 2. The molecule has 0 aromatic heterocycles. The van der Waals surface area contributed by atoms with Crippen molar-refractivity contribution in [3.8, 4) is 17.2 Å². The third kappa shape index (κ3) is 4.05. The minimum Gasteiger partial charge on any atom is -0.493 e. The minimum absolute atomic E-state index is 0.0279. The number of benzene rings is 2. The Labute approximate surface area is 151 Å². The van der Waals surface area contributed by atoms with Gasteiger partial charge in [0.1, 0.15) is 5.75 Å². The average molecular weight is 356 g/mol. The summed E-state index contributed by atoms with van der Waals surface area (Å²) in [6.45, 7) is 0.0279. The molecule has 0 fully saturated rings. The van der Waals surface area contributed by atoms with E-state index < -0.39 is 0 Å². The summed E-state index contributed by atoms with van der Waals surface area (Å²) in [5.41, 5.74) is 2.22. The molecule has 1 aliphatic rings. The topological polar surface area (TPSA) is 85.9 Å². The number of nitrogens with one attached hydrogen (secondary N) is 2. The molecule has 1 heterocycles. The van der Waals surface area contributed by atoms with Crippen LogP contribution in [0.25, 0.3) is 0 Å². The Morgan fingerprint density at radius 2 is 1.96 bits per heavy atom. The SMILES string of the molecule is COc1ccc(NC(=O)CCc2ccc3c(c2)NC(=O)CO3)cc1OC. The minimum atomic E-state index is -0.180. The number of hydrogen-bond donors (Lipinski definition) is 2. The summed E-state index contributed by atoms with van der Waals surface area (Å²) in [5.74, 6) is 1.50. The number of aryl methyl sites for hydroxylation is 1. The van der Waals surface area contributed by atoms with E-state index in [4.69, 9.17) is 14.2 Å². The first-order valence-corrected chi connectivity index (χ1v) is 8.16. The van der Waals surface area contributed by atoms with Gasteiger partial charge in [-0.15, -0.1) is 0 Å². The highest BCUT2D eigenvalue weighted by Crippen LogP contribution is 2.30. The molecule has 0 saturated heterocycles. The lowest BCUT2D eigenvalue weighted by Crippen LogP contribution is -2.25. The van der Waals surface area contributed by atoms with Crippen molar-refractivity contribution in [2.24, 2.45) is 0 Å². The molecule has 7 nitrogen and oxygen atoms in total. The van der Waals surface area contributed by atoms with Crippen molar-refractivity contribution in [1.82, 2.24) is 0 Å². The van der Waals surface area contributed by atoms with Gasteiger partial charge in [0.25, 0.3) is 5.91 Å². The first-order chi connectivity index (χ1) is 12.6. The molecular weight excluding hydrogens is 336 g/mol. The Kier molecular flexibility index (Phi) is 5.26. The van der Waals surface area contributed by atoms with Crippen LogP contribution >= 0.6 is 0 Å². The second kappa shape index (κ2) is 7.77. The van der Waals surface area contributed by atoms with Crippen molar-refractivity contribution in [3.05, 3.63) is 42.0 Å². The Bertz CT molecular complexity index is 835. The van der Waals surface area contributed by atoms with Gasteiger partial charge in [0.05, 0.1) is 19.9 Å². The van der Waals surface area contributed by atoms with Gasteiger partial charge >= 0.3 is 0 Å². The van der Waals surface area contributed by atoms with Gasteiger partial charge in [-0.3, -0.25) is 9.59 Å². The van der Waals surface area contributed by atoms with E-state index in [2.05, 4.69) is 10.6 Å². The summed E-state index contributed by atoms with van der Waals surface area (Å²) in [5, 5.41) is 5.60. The molecule has 0 bridgehead atoms. The fraction of sp³-hybridized carbons (Fsp3) is 0.263. The van der Waals surface area contributed by atoms with Crippen LogP contribution in [0.1, 0.15) is 12.0 Å². The van der Waals surface area contributed by atoms with Gasteiger partial charge in [0.2, 0.25) is 5.91 Å². The summed E-state index contributed by atoms with van der Waals surface area (Å²) in [6.07, 6.45) is 0.851. The number of amides is 2. The molecule has 7 heteroatoms. The standard InChI is InChI=1S/C19H20N2O5/c1-24-16-7-5-13(10-17(16)25-2)20-18(22)8-4-12-3-6-15-14(9-12)21-19(23)11-26-15/h3,5-7,9-10H,4,8,11H2,1-2H3,(H,20,22)(H,21,23). The number of methoxy groups -OCH3 is 2. The van der Waals surface area contributed by atoms with Crippen LogP contribution < -0.4 is 24.8 Å². The van der Waals surface area contributed by atoms with Gasteiger partial charge in [-0.25, -0.2) is 0 Å². The zero-order chi connectivity index (χ0) is 18.5. The summed E-state index contributed by atoms with van der Waals surface area (Å²) >= 11 is 0. The number of fused-ring (bicyclic) bond motifs is 1. The summed E-state index contributed by atoms with van der Waals surface area (Å²) in [4.78, 5) is 23.6. The Morgan fingerprint density at radius 3 is 2.73 bits per heavy atom. The van der Waals surface area contributed by atoms with Crippen LogP contribution in [0.4, 0.5) is 11.4 Å². The molecule has 2 aromatic rings. The molecule has 0 atom stereocenters. The van der Waals surface area contributed by atoms with Crippen LogP contribution in [0.15, 0.2) is 36.4 Å². The van der Waals surface area contributed by atoms with Gasteiger partial charge in [-0.2, -0.15) is 0 Å². The number of carbonyl (C=O) groups is 2. The lowest BCUT2D eigenvalue weighted by Gasteiger charge is -2.18. The molecule has 26 heavy (non-hydrogen) atoms. The third-order valence-corrected chi connectivity index (χ3v) is 3.98. The molecule has 2 aromatic carbocycles. The molecular formula is C19H20N2O5. The lowest BCUT2D eigenvalue weighted by molar-refractivity contribution is -0.118. The maximum atomic E-state index is 12.2. The highest BCUT2D eigenvalue weighted by Gasteiger charge is 2.16. The highest BCUT2D eigenvalue weighted by molar-refractivity contribution is 5.95. The number of rotatable bonds is 6. The molecule has 0 unspecified atom stereocenters. The largest absolute Gasteiger partial charge is 0.493 e. The van der Waals surface area contributed by atoms with Crippen molar-refractivity contribution < 1.29 is 23.8 Å². The second-order valence-corrected chi connectivity index (χ2v) is 5.79. The van der Waals surface area contributed by atoms with Crippen molar-refractivity contribution in [1.29, 1.82) is 0 Å². The van der Waals surface area contributed by atoms with Crippen LogP contribution in [-0.4, -0.2) is 32.6 Å². The van der Waals surface area contributed by atoms with Crippen molar-refractivity contribution in [2.75, 3.05) is 31.5 Å². The van der Waals surface area contributed by atoms with E-state index in [1.54, 1.807) is 38.5 Å². The molecule has 1 aliphatic heterocycles. The zero-order valence-electron chi connectivity index (χ0n) is 14.6. The second-order valence-electron chi connectivity index (χ2n) is 5.79. The van der Waals surface area contributed by atoms with Crippen LogP contribution in [0.2, 0.25) is 0 Å². The first kappa shape index (κ1) is 17.6. The van der Waals surface area contributed by atoms with Crippen molar-refractivity contribution in [2.45, 2.75) is 12.8 Å². The fourth-order valence-corrected chi connectivity index (χ4v) is 2.68. The Morgan fingerprint density at radius 1 is 1.15 bits per heavy atom. The Hall–Kier alpha value is -3.22. The molecule has 0 spiro atoms. The van der Waals surface area contributed by atoms with Crippen LogP contribution in [0.3, 0.4) is 0 Å². The van der Waals surface area contributed by atoms with Gasteiger partial charge in [-0.05, 0) is 36.2 Å². The molecule has 0 radical (unpaired) electrons. The van der Waals surface area contributed by atoms with E-state index >= 15 is 0 Å². The van der Waals surface area contributed by atoms with Crippen molar-refractivity contribution >= 4 is 23.2 Å². The fourth-order valence-electron chi connectivity index (χ4n) is 2.68. The van der Waals surface area contributed by atoms with Crippen LogP contribution in [-0.2, 0) is 16.0 Å². The zero-order valence-corrected chi connectivity index (χ0v) is 14.6. The normalized spacial score (nSPS) is 12.5. The monoisotopic (exact) mass is 356 g/mol. The predicted octanol–water partition coefficient (Wildman–Crippen LogP) is 2.61. The van der Waals surface area contributed by atoms with Crippen LogP contribution in [0, 0.1) is 0 Å².